The first-order valence-corrected chi connectivity index (χ1v) is 5.07. The van der Waals surface area contributed by atoms with Gasteiger partial charge in [-0.25, -0.2) is 4.98 Å². The third-order valence-electron chi connectivity index (χ3n) is 2.77. The molecule has 0 aromatic carbocycles. The van der Waals surface area contributed by atoms with Crippen LogP contribution >= 0.6 is 0 Å². The average Bonchev–Trinajstić information content (AvgIpc) is 2.76. The molecule has 2 rings (SSSR count). The van der Waals surface area contributed by atoms with Crippen LogP contribution in [0.1, 0.15) is 19.0 Å². The normalized spacial score (nSPS) is 20.3. The highest BCUT2D eigenvalue weighted by Gasteiger charge is 2.28. The molecule has 0 bridgehead atoms. The van der Waals surface area contributed by atoms with Crippen LogP contribution in [-0.4, -0.2) is 15.5 Å². The van der Waals surface area contributed by atoms with E-state index in [1.54, 1.807) is 12.6 Å². The highest BCUT2D eigenvalue weighted by Crippen LogP contribution is 2.26. The van der Waals surface area contributed by atoms with Gasteiger partial charge in [-0.15, -0.1) is 0 Å². The lowest BCUT2D eigenvalue weighted by atomic mass is 9.95. The first kappa shape index (κ1) is 9.96. The van der Waals surface area contributed by atoms with Crippen molar-refractivity contribution in [1.29, 1.82) is 0 Å². The standard InChI is InChI=1S/C11H14N2O2/c1-3-10-8(6-15-11(10)14)4-9-5-12-7-13(9)2/h5-7,10H,3-4H2,1-2H3. The Hall–Kier alpha value is -1.58. The highest BCUT2D eigenvalue weighted by molar-refractivity contribution is 5.79. The lowest BCUT2D eigenvalue weighted by Gasteiger charge is -2.08. The lowest BCUT2D eigenvalue weighted by Crippen LogP contribution is -2.12. The van der Waals surface area contributed by atoms with Crippen molar-refractivity contribution in [3.63, 3.8) is 0 Å². The summed E-state index contributed by atoms with van der Waals surface area (Å²) < 4.78 is 6.88. The van der Waals surface area contributed by atoms with Crippen molar-refractivity contribution in [2.45, 2.75) is 19.8 Å². The molecule has 0 saturated carbocycles. The topological polar surface area (TPSA) is 44.1 Å². The number of nitrogens with zero attached hydrogens (tertiary/aromatic N) is 2. The Kier molecular flexibility index (Phi) is 2.58. The van der Waals surface area contributed by atoms with Crippen LogP contribution in [0.2, 0.25) is 0 Å². The quantitative estimate of drug-likeness (QED) is 0.703. The molecule has 80 valence electrons. The molecule has 0 spiro atoms. The van der Waals surface area contributed by atoms with Gasteiger partial charge in [-0.2, -0.15) is 0 Å². The van der Waals surface area contributed by atoms with Gasteiger partial charge in [0, 0.05) is 25.4 Å². The van der Waals surface area contributed by atoms with E-state index in [0.29, 0.717) is 0 Å². The van der Waals surface area contributed by atoms with Crippen LogP contribution in [0.5, 0.6) is 0 Å². The Balaban J connectivity index is 2.13. The molecule has 4 heteroatoms. The molecule has 0 N–H and O–H groups in total. The van der Waals surface area contributed by atoms with Crippen molar-refractivity contribution in [3.05, 3.63) is 30.1 Å². The van der Waals surface area contributed by atoms with Gasteiger partial charge in [0.1, 0.15) is 0 Å². The Labute approximate surface area is 88.6 Å². The minimum atomic E-state index is -0.130. The summed E-state index contributed by atoms with van der Waals surface area (Å²) >= 11 is 0. The predicted molar refractivity (Wildman–Crippen MR) is 54.9 cm³/mol. The molecule has 1 aromatic rings. The van der Waals surface area contributed by atoms with Crippen molar-refractivity contribution >= 4 is 5.97 Å². The van der Waals surface area contributed by atoms with Gasteiger partial charge in [-0.3, -0.25) is 4.79 Å². The number of esters is 1. The molecule has 0 amide bonds. The first-order chi connectivity index (χ1) is 7.22. The largest absolute Gasteiger partial charge is 0.434 e. The van der Waals surface area contributed by atoms with Gasteiger partial charge >= 0.3 is 5.97 Å². The van der Waals surface area contributed by atoms with Crippen LogP contribution in [-0.2, 0) is 23.0 Å². The Morgan fingerprint density at radius 3 is 3.00 bits per heavy atom. The van der Waals surface area contributed by atoms with E-state index < -0.39 is 0 Å². The summed E-state index contributed by atoms with van der Waals surface area (Å²) in [7, 11) is 1.95. The predicted octanol–water partition coefficient (Wildman–Crippen LogP) is 1.43. The molecule has 2 heterocycles. The van der Waals surface area contributed by atoms with Gasteiger partial charge in [0.25, 0.3) is 0 Å². The Morgan fingerprint density at radius 2 is 2.40 bits per heavy atom. The third-order valence-corrected chi connectivity index (χ3v) is 2.77. The summed E-state index contributed by atoms with van der Waals surface area (Å²) in [4.78, 5) is 15.4. The van der Waals surface area contributed by atoms with Gasteiger partial charge < -0.3 is 9.30 Å². The van der Waals surface area contributed by atoms with E-state index in [2.05, 4.69) is 4.98 Å². The van der Waals surface area contributed by atoms with Crippen molar-refractivity contribution in [2.24, 2.45) is 13.0 Å². The second-order valence-corrected chi connectivity index (χ2v) is 3.76. The van der Waals surface area contributed by atoms with Gasteiger partial charge in [-0.1, -0.05) is 6.92 Å². The summed E-state index contributed by atoms with van der Waals surface area (Å²) in [6.07, 6.45) is 6.69. The molecule has 1 aliphatic rings. The zero-order valence-electron chi connectivity index (χ0n) is 8.93. The Bertz CT molecular complexity index is 406. The average molecular weight is 206 g/mol. The van der Waals surface area contributed by atoms with E-state index >= 15 is 0 Å². The summed E-state index contributed by atoms with van der Waals surface area (Å²) in [6, 6.07) is 0. The van der Waals surface area contributed by atoms with Gasteiger partial charge in [0.2, 0.25) is 0 Å². The number of aryl methyl sites for hydroxylation is 1. The zero-order chi connectivity index (χ0) is 10.8. The number of hydrogen-bond acceptors (Lipinski definition) is 3. The van der Waals surface area contributed by atoms with Gasteiger partial charge in [0.05, 0.1) is 18.5 Å². The number of imidazole rings is 1. The molecule has 15 heavy (non-hydrogen) atoms. The molecule has 0 radical (unpaired) electrons. The zero-order valence-corrected chi connectivity index (χ0v) is 8.93. The van der Waals surface area contributed by atoms with Crippen LogP contribution in [0.15, 0.2) is 24.4 Å². The number of carbonyl (C=O) groups excluding carboxylic acids is 1. The Morgan fingerprint density at radius 1 is 1.60 bits per heavy atom. The molecule has 1 atom stereocenters. The summed E-state index contributed by atoms with van der Waals surface area (Å²) in [6.45, 7) is 1.99. The number of hydrogen-bond donors (Lipinski definition) is 0. The van der Waals surface area contributed by atoms with Crippen LogP contribution in [0, 0.1) is 5.92 Å². The molecule has 1 aliphatic heterocycles. The fourth-order valence-electron chi connectivity index (χ4n) is 1.81. The SMILES string of the molecule is CCC1C(=O)OC=C1Cc1cncn1C. The second-order valence-electron chi connectivity index (χ2n) is 3.76. The van der Waals surface area contributed by atoms with Crippen molar-refractivity contribution in [2.75, 3.05) is 0 Å². The molecule has 1 unspecified atom stereocenters. The molecule has 0 fully saturated rings. The maximum absolute atomic E-state index is 11.3. The minimum Gasteiger partial charge on any atom is -0.434 e. The monoisotopic (exact) mass is 206 g/mol. The number of cyclic esters (lactones) is 1. The van der Waals surface area contributed by atoms with Gasteiger partial charge in [-0.05, 0) is 12.0 Å². The second kappa shape index (κ2) is 3.88. The molecule has 4 nitrogen and oxygen atoms in total. The lowest BCUT2D eigenvalue weighted by molar-refractivity contribution is -0.139. The molecule has 1 aromatic heterocycles. The van der Waals surface area contributed by atoms with Crippen molar-refractivity contribution in [3.8, 4) is 0 Å². The summed E-state index contributed by atoms with van der Waals surface area (Å²) in [5.41, 5.74) is 2.14. The first-order valence-electron chi connectivity index (χ1n) is 5.07. The van der Waals surface area contributed by atoms with E-state index in [1.165, 1.54) is 0 Å². The number of ether oxygens (including phenoxy) is 1. The van der Waals surface area contributed by atoms with Crippen molar-refractivity contribution in [1.82, 2.24) is 9.55 Å². The molecule has 0 aliphatic carbocycles. The third kappa shape index (κ3) is 1.79. The van der Waals surface area contributed by atoms with Crippen LogP contribution < -0.4 is 0 Å². The van der Waals surface area contributed by atoms with Crippen LogP contribution in [0.25, 0.3) is 0 Å². The smallest absolute Gasteiger partial charge is 0.318 e. The maximum atomic E-state index is 11.3. The minimum absolute atomic E-state index is 0.0695. The van der Waals surface area contributed by atoms with E-state index in [4.69, 9.17) is 4.74 Å². The van der Waals surface area contributed by atoms with E-state index in [9.17, 15) is 4.79 Å². The number of rotatable bonds is 3. The van der Waals surface area contributed by atoms with E-state index in [1.807, 2.05) is 24.7 Å². The van der Waals surface area contributed by atoms with E-state index in [-0.39, 0.29) is 11.9 Å². The van der Waals surface area contributed by atoms with Crippen LogP contribution in [0.4, 0.5) is 0 Å². The molecular formula is C11H14N2O2. The summed E-state index contributed by atoms with van der Waals surface area (Å²) in [5, 5.41) is 0. The van der Waals surface area contributed by atoms with E-state index in [0.717, 1.165) is 24.1 Å². The maximum Gasteiger partial charge on any atom is 0.318 e. The number of aromatic nitrogens is 2. The number of carbonyl (C=O) groups is 1. The summed E-state index contributed by atoms with van der Waals surface area (Å²) in [5.74, 6) is -0.199. The van der Waals surface area contributed by atoms with Crippen molar-refractivity contribution < 1.29 is 9.53 Å². The van der Waals surface area contributed by atoms with Crippen LogP contribution in [0.3, 0.4) is 0 Å². The molecular weight excluding hydrogens is 192 g/mol. The molecule has 0 saturated heterocycles. The fourth-order valence-corrected chi connectivity index (χ4v) is 1.81. The highest BCUT2D eigenvalue weighted by atomic mass is 16.5. The van der Waals surface area contributed by atoms with Gasteiger partial charge in [0.15, 0.2) is 0 Å². The fraction of sp³-hybridized carbons (Fsp3) is 0.455.